The minimum absolute atomic E-state index is 0.897. The van der Waals surface area contributed by atoms with Gasteiger partial charge in [0.15, 0.2) is 0 Å². The third-order valence-corrected chi connectivity index (χ3v) is 1.92. The zero-order chi connectivity index (χ0) is 11.9. The Balaban J connectivity index is 3.42. The predicted octanol–water partition coefficient (Wildman–Crippen LogP) is 4.80. The molecule has 0 radical (unpaired) electrons. The van der Waals surface area contributed by atoms with E-state index in [1.54, 1.807) is 0 Å². The van der Waals surface area contributed by atoms with Crippen molar-refractivity contribution in [2.45, 2.75) is 46.0 Å². The summed E-state index contributed by atoms with van der Waals surface area (Å²) >= 11 is 0. The molecule has 0 heterocycles. The van der Waals surface area contributed by atoms with Crippen LogP contribution in [0.5, 0.6) is 0 Å². The molecule has 0 rings (SSSR count). The van der Waals surface area contributed by atoms with Gasteiger partial charge < -0.3 is 0 Å². The topological polar surface area (TPSA) is 0 Å². The van der Waals surface area contributed by atoms with Crippen molar-refractivity contribution in [3.05, 3.63) is 42.2 Å². The Morgan fingerprint density at radius 1 is 1.06 bits per heavy atom. The molecule has 0 amide bonds. The van der Waals surface area contributed by atoms with E-state index in [0.717, 1.165) is 32.1 Å². The molecule has 0 saturated heterocycles. The smallest absolute Gasteiger partial charge is 0.0269 e. The molecule has 0 aromatic rings. The third kappa shape index (κ3) is 12.6. The summed E-state index contributed by atoms with van der Waals surface area (Å²) in [6.45, 7) is 4.10. The summed E-state index contributed by atoms with van der Waals surface area (Å²) in [6, 6.07) is 0. The molecule has 0 unspecified atom stereocenters. The number of allylic oxidation sites excluding steroid dienone is 5. The molecular formula is C16H22. The first-order chi connectivity index (χ1) is 7.91. The van der Waals surface area contributed by atoms with E-state index in [-0.39, 0.29) is 0 Å². The lowest BCUT2D eigenvalue weighted by Crippen LogP contribution is -1.69. The first kappa shape index (κ1) is 14.6. The molecule has 0 atom stereocenters. The number of hydrogen-bond acceptors (Lipinski definition) is 0. The van der Waals surface area contributed by atoms with Crippen LogP contribution in [0.3, 0.4) is 0 Å². The molecule has 0 saturated carbocycles. The molecule has 0 spiro atoms. The van der Waals surface area contributed by atoms with Gasteiger partial charge in [0.05, 0.1) is 0 Å². The second-order valence-corrected chi connectivity index (χ2v) is 3.38. The fraction of sp³-hybridized carbons (Fsp3) is 0.438. The van der Waals surface area contributed by atoms with E-state index in [1.807, 2.05) is 25.2 Å². The minimum Gasteiger partial charge on any atom is -0.126 e. The lowest BCUT2D eigenvalue weighted by molar-refractivity contribution is 0.884. The van der Waals surface area contributed by atoms with E-state index >= 15 is 0 Å². The van der Waals surface area contributed by atoms with Crippen molar-refractivity contribution in [2.75, 3.05) is 0 Å². The maximum atomic E-state index is 3.18. The van der Waals surface area contributed by atoms with Gasteiger partial charge in [-0.15, -0.1) is 11.7 Å². The molecule has 0 aromatic heterocycles. The highest BCUT2D eigenvalue weighted by atomic mass is 13.8. The fourth-order valence-electron chi connectivity index (χ4n) is 1.09. The van der Waals surface area contributed by atoms with E-state index < -0.39 is 0 Å². The van der Waals surface area contributed by atoms with Gasteiger partial charge >= 0.3 is 0 Å². The van der Waals surface area contributed by atoms with Crippen LogP contribution in [0.25, 0.3) is 0 Å². The average Bonchev–Trinajstić information content (AvgIpc) is 2.31. The van der Waals surface area contributed by atoms with Crippen molar-refractivity contribution in [3.63, 3.8) is 0 Å². The van der Waals surface area contributed by atoms with Gasteiger partial charge in [0.2, 0.25) is 0 Å². The fourth-order valence-corrected chi connectivity index (χ4v) is 1.09. The molecule has 0 heteroatoms. The lowest BCUT2D eigenvalue weighted by atomic mass is 10.2. The van der Waals surface area contributed by atoms with Gasteiger partial charge in [-0.3, -0.25) is 0 Å². The normalized spacial score (nSPS) is 9.88. The Kier molecular flexibility index (Phi) is 12.3. The Bertz CT molecular complexity index is 312. The summed E-state index contributed by atoms with van der Waals surface area (Å²) in [5.74, 6) is 6.32. The van der Waals surface area contributed by atoms with Crippen molar-refractivity contribution in [3.8, 4) is 11.8 Å². The molecule has 0 aliphatic carbocycles. The van der Waals surface area contributed by atoms with Gasteiger partial charge in [-0.2, -0.15) is 0 Å². The zero-order valence-corrected chi connectivity index (χ0v) is 10.5. The third-order valence-electron chi connectivity index (χ3n) is 1.92. The van der Waals surface area contributed by atoms with Crippen molar-refractivity contribution in [1.29, 1.82) is 0 Å². The maximum absolute atomic E-state index is 3.18. The molecule has 86 valence electrons. The van der Waals surface area contributed by atoms with Crippen LogP contribution in [-0.4, -0.2) is 0 Å². The summed E-state index contributed by atoms with van der Waals surface area (Å²) < 4.78 is 0. The van der Waals surface area contributed by atoms with Crippen molar-refractivity contribution < 1.29 is 0 Å². The highest BCUT2D eigenvalue weighted by Gasteiger charge is 1.78. The van der Waals surface area contributed by atoms with E-state index in [1.165, 1.54) is 0 Å². The predicted molar refractivity (Wildman–Crippen MR) is 73.1 cm³/mol. The zero-order valence-electron chi connectivity index (χ0n) is 10.5. The molecule has 16 heavy (non-hydrogen) atoms. The second kappa shape index (κ2) is 13.6. The largest absolute Gasteiger partial charge is 0.126 e. The number of rotatable bonds is 6. The van der Waals surface area contributed by atoms with Crippen LogP contribution in [0.1, 0.15) is 46.0 Å². The molecule has 0 bridgehead atoms. The summed E-state index contributed by atoms with van der Waals surface area (Å²) in [5, 5.41) is 0. The Labute approximate surface area is 100 Å². The van der Waals surface area contributed by atoms with Gasteiger partial charge in [-0.05, 0) is 38.3 Å². The van der Waals surface area contributed by atoms with Crippen LogP contribution < -0.4 is 0 Å². The van der Waals surface area contributed by atoms with Gasteiger partial charge in [0.25, 0.3) is 0 Å². The Hall–Kier alpha value is -1.44. The lowest BCUT2D eigenvalue weighted by Gasteiger charge is -1.86. The first-order valence-electron chi connectivity index (χ1n) is 6.04. The first-order valence-corrected chi connectivity index (χ1v) is 6.04. The SMILES string of the molecule is CC=C=CC=CCCCC#CCC=CCC. The average molecular weight is 214 g/mol. The van der Waals surface area contributed by atoms with Crippen molar-refractivity contribution >= 4 is 0 Å². The summed E-state index contributed by atoms with van der Waals surface area (Å²) in [5.41, 5.74) is 3.01. The van der Waals surface area contributed by atoms with Crippen LogP contribution in [0.4, 0.5) is 0 Å². The summed E-state index contributed by atoms with van der Waals surface area (Å²) in [4.78, 5) is 0. The van der Waals surface area contributed by atoms with Gasteiger partial charge in [0, 0.05) is 12.8 Å². The number of unbranched alkanes of at least 4 members (excludes halogenated alkanes) is 2. The summed E-state index contributed by atoms with van der Waals surface area (Å²) in [6.07, 6.45) is 17.6. The van der Waals surface area contributed by atoms with Gasteiger partial charge in [-0.1, -0.05) is 37.1 Å². The van der Waals surface area contributed by atoms with Crippen LogP contribution in [0, 0.1) is 11.8 Å². The van der Waals surface area contributed by atoms with Crippen LogP contribution in [0.15, 0.2) is 42.2 Å². The standard InChI is InChI=1S/C16H22/c1-3-5-7-9-11-13-15-16-14-12-10-8-6-4-2/h3,6-9,11H,4,10,13,15-16H2,1-2H3. The highest BCUT2D eigenvalue weighted by molar-refractivity contribution is 5.05. The molecular weight excluding hydrogens is 192 g/mol. The van der Waals surface area contributed by atoms with E-state index in [2.05, 4.69) is 42.7 Å². The summed E-state index contributed by atoms with van der Waals surface area (Å²) in [7, 11) is 0. The highest BCUT2D eigenvalue weighted by Crippen LogP contribution is 1.95. The number of hydrogen-bond donors (Lipinski definition) is 0. The molecule has 0 aliphatic heterocycles. The van der Waals surface area contributed by atoms with Crippen LogP contribution >= 0.6 is 0 Å². The second-order valence-electron chi connectivity index (χ2n) is 3.38. The van der Waals surface area contributed by atoms with Crippen molar-refractivity contribution in [2.24, 2.45) is 0 Å². The van der Waals surface area contributed by atoms with Gasteiger partial charge in [0.1, 0.15) is 0 Å². The minimum atomic E-state index is 0.897. The van der Waals surface area contributed by atoms with Crippen molar-refractivity contribution in [1.82, 2.24) is 0 Å². The monoisotopic (exact) mass is 214 g/mol. The van der Waals surface area contributed by atoms with Gasteiger partial charge in [-0.25, -0.2) is 0 Å². The molecule has 0 fully saturated rings. The van der Waals surface area contributed by atoms with E-state index in [0.29, 0.717) is 0 Å². The Morgan fingerprint density at radius 3 is 2.69 bits per heavy atom. The molecule has 0 aliphatic rings. The quantitative estimate of drug-likeness (QED) is 0.196. The van der Waals surface area contributed by atoms with Crippen LogP contribution in [0.2, 0.25) is 0 Å². The van der Waals surface area contributed by atoms with E-state index in [4.69, 9.17) is 0 Å². The Morgan fingerprint density at radius 2 is 1.94 bits per heavy atom. The molecule has 0 N–H and O–H groups in total. The van der Waals surface area contributed by atoms with Crippen LogP contribution in [-0.2, 0) is 0 Å². The maximum Gasteiger partial charge on any atom is 0.0269 e. The van der Waals surface area contributed by atoms with E-state index in [9.17, 15) is 0 Å². The molecule has 0 aromatic carbocycles. The molecule has 0 nitrogen and oxygen atoms in total.